The summed E-state index contributed by atoms with van der Waals surface area (Å²) < 4.78 is 10.5. The van der Waals surface area contributed by atoms with Crippen LogP contribution in [0.25, 0.3) is 11.3 Å². The highest BCUT2D eigenvalue weighted by atomic mass is 32.1. The molecular weight excluding hydrogens is 264 g/mol. The number of rotatable bonds is 4. The van der Waals surface area contributed by atoms with Crippen molar-refractivity contribution >= 4 is 22.4 Å². The number of hydrogen-bond donors (Lipinski definition) is 2. The van der Waals surface area contributed by atoms with Crippen LogP contribution in [0.5, 0.6) is 11.5 Å². The van der Waals surface area contributed by atoms with Crippen molar-refractivity contribution < 1.29 is 9.47 Å². The van der Waals surface area contributed by atoms with Gasteiger partial charge in [-0.2, -0.15) is 4.99 Å². The van der Waals surface area contributed by atoms with E-state index < -0.39 is 0 Å². The van der Waals surface area contributed by atoms with E-state index in [4.69, 9.17) is 20.9 Å². The van der Waals surface area contributed by atoms with E-state index in [1.54, 1.807) is 14.2 Å². The second-order valence-electron chi connectivity index (χ2n) is 3.62. The van der Waals surface area contributed by atoms with Crippen molar-refractivity contribution in [2.75, 3.05) is 14.2 Å². The van der Waals surface area contributed by atoms with Crippen molar-refractivity contribution in [1.29, 1.82) is 0 Å². The van der Waals surface area contributed by atoms with Crippen LogP contribution in [-0.4, -0.2) is 25.2 Å². The minimum absolute atomic E-state index is 0.0153. The van der Waals surface area contributed by atoms with E-state index in [1.165, 1.54) is 11.3 Å². The SMILES string of the molecule is COc1ccc(OC)c(-c2csc(N=C(N)N)n2)c1. The molecule has 0 amide bonds. The molecule has 0 fully saturated rings. The lowest BCUT2D eigenvalue weighted by Gasteiger charge is -2.08. The first kappa shape index (κ1) is 13.2. The van der Waals surface area contributed by atoms with Crippen LogP contribution in [0.2, 0.25) is 0 Å². The largest absolute Gasteiger partial charge is 0.497 e. The summed E-state index contributed by atoms with van der Waals surface area (Å²) in [5.74, 6) is 1.42. The summed E-state index contributed by atoms with van der Waals surface area (Å²) in [6.45, 7) is 0. The van der Waals surface area contributed by atoms with Gasteiger partial charge in [-0.1, -0.05) is 0 Å². The first-order chi connectivity index (χ1) is 9.13. The topological polar surface area (TPSA) is 95.8 Å². The first-order valence-corrected chi connectivity index (χ1v) is 6.29. The molecule has 0 bridgehead atoms. The van der Waals surface area contributed by atoms with Gasteiger partial charge in [0.05, 0.1) is 19.9 Å². The lowest BCUT2D eigenvalue weighted by molar-refractivity contribution is 0.404. The van der Waals surface area contributed by atoms with Crippen molar-refractivity contribution in [2.45, 2.75) is 0 Å². The van der Waals surface area contributed by atoms with Crippen LogP contribution in [-0.2, 0) is 0 Å². The number of guanidine groups is 1. The standard InChI is InChI=1S/C12H14N4O2S/c1-17-7-3-4-10(18-2)8(5-7)9-6-19-12(15-9)16-11(13)14/h3-6H,1-2H3,(H4,13,14,15,16). The second kappa shape index (κ2) is 5.57. The Balaban J connectivity index is 2.45. The van der Waals surface area contributed by atoms with Gasteiger partial charge in [0.15, 0.2) is 5.96 Å². The molecule has 7 heteroatoms. The minimum atomic E-state index is -0.0153. The van der Waals surface area contributed by atoms with Gasteiger partial charge in [-0.05, 0) is 18.2 Å². The summed E-state index contributed by atoms with van der Waals surface area (Å²) in [6, 6.07) is 5.51. The van der Waals surface area contributed by atoms with Crippen LogP contribution in [0.3, 0.4) is 0 Å². The van der Waals surface area contributed by atoms with E-state index in [0.717, 1.165) is 17.0 Å². The minimum Gasteiger partial charge on any atom is -0.497 e. The molecule has 1 aromatic carbocycles. The van der Waals surface area contributed by atoms with E-state index in [0.29, 0.717) is 10.9 Å². The molecule has 6 nitrogen and oxygen atoms in total. The second-order valence-corrected chi connectivity index (χ2v) is 4.45. The van der Waals surface area contributed by atoms with Gasteiger partial charge in [-0.15, -0.1) is 11.3 Å². The summed E-state index contributed by atoms with van der Waals surface area (Å²) in [5, 5.41) is 2.36. The maximum Gasteiger partial charge on any atom is 0.212 e. The van der Waals surface area contributed by atoms with Gasteiger partial charge in [0.2, 0.25) is 5.13 Å². The van der Waals surface area contributed by atoms with Crippen LogP contribution in [0.15, 0.2) is 28.6 Å². The Bertz CT molecular complexity index is 606. The Hall–Kier alpha value is -2.28. The van der Waals surface area contributed by atoms with Crippen molar-refractivity contribution in [3.05, 3.63) is 23.6 Å². The van der Waals surface area contributed by atoms with Crippen molar-refractivity contribution in [1.82, 2.24) is 4.98 Å². The van der Waals surface area contributed by atoms with E-state index in [2.05, 4.69) is 9.98 Å². The number of aliphatic imine (C=N–C) groups is 1. The van der Waals surface area contributed by atoms with Crippen molar-refractivity contribution in [3.8, 4) is 22.8 Å². The number of nitrogens with two attached hydrogens (primary N) is 2. The van der Waals surface area contributed by atoms with Gasteiger partial charge in [0, 0.05) is 10.9 Å². The van der Waals surface area contributed by atoms with Gasteiger partial charge in [-0.3, -0.25) is 0 Å². The Morgan fingerprint density at radius 2 is 2.05 bits per heavy atom. The number of methoxy groups -OCH3 is 2. The molecule has 1 heterocycles. The molecule has 0 atom stereocenters. The molecule has 0 unspecified atom stereocenters. The molecule has 0 saturated heterocycles. The third-order valence-corrected chi connectivity index (χ3v) is 3.13. The van der Waals surface area contributed by atoms with Gasteiger partial charge in [0.25, 0.3) is 0 Å². The van der Waals surface area contributed by atoms with E-state index >= 15 is 0 Å². The molecule has 4 N–H and O–H groups in total. The summed E-state index contributed by atoms with van der Waals surface area (Å²) in [7, 11) is 3.21. The molecule has 1 aromatic heterocycles. The predicted molar refractivity (Wildman–Crippen MR) is 76.1 cm³/mol. The average molecular weight is 278 g/mol. The highest BCUT2D eigenvalue weighted by Crippen LogP contribution is 2.35. The first-order valence-electron chi connectivity index (χ1n) is 5.41. The number of aromatic nitrogens is 1. The van der Waals surface area contributed by atoms with Gasteiger partial charge in [0.1, 0.15) is 11.5 Å². The number of hydrogen-bond acceptors (Lipinski definition) is 5. The summed E-state index contributed by atoms with van der Waals surface area (Å²) in [4.78, 5) is 8.25. The molecule has 2 aromatic rings. The Kier molecular flexibility index (Phi) is 3.86. The van der Waals surface area contributed by atoms with Gasteiger partial charge >= 0.3 is 0 Å². The van der Waals surface area contributed by atoms with Crippen LogP contribution in [0.4, 0.5) is 5.13 Å². The van der Waals surface area contributed by atoms with Crippen molar-refractivity contribution in [3.63, 3.8) is 0 Å². The van der Waals surface area contributed by atoms with E-state index in [-0.39, 0.29) is 5.96 Å². The Morgan fingerprint density at radius 1 is 1.26 bits per heavy atom. The highest BCUT2D eigenvalue weighted by Gasteiger charge is 2.11. The Morgan fingerprint density at radius 3 is 2.68 bits per heavy atom. The highest BCUT2D eigenvalue weighted by molar-refractivity contribution is 7.13. The molecule has 0 spiro atoms. The molecule has 0 saturated carbocycles. The van der Waals surface area contributed by atoms with Crippen LogP contribution in [0.1, 0.15) is 0 Å². The monoisotopic (exact) mass is 278 g/mol. The maximum absolute atomic E-state index is 5.32. The predicted octanol–water partition coefficient (Wildman–Crippen LogP) is 1.73. The van der Waals surface area contributed by atoms with Crippen LogP contribution in [0, 0.1) is 0 Å². The van der Waals surface area contributed by atoms with Crippen molar-refractivity contribution in [2.24, 2.45) is 16.5 Å². The third-order valence-electron chi connectivity index (χ3n) is 2.40. The maximum atomic E-state index is 5.32. The molecule has 0 aliphatic carbocycles. The van der Waals surface area contributed by atoms with E-state index in [9.17, 15) is 0 Å². The number of nitrogens with zero attached hydrogens (tertiary/aromatic N) is 2. The molecule has 19 heavy (non-hydrogen) atoms. The fraction of sp³-hybridized carbons (Fsp3) is 0.167. The molecular formula is C12H14N4O2S. The summed E-state index contributed by atoms with van der Waals surface area (Å²) >= 11 is 1.35. The van der Waals surface area contributed by atoms with Gasteiger partial charge < -0.3 is 20.9 Å². The zero-order valence-corrected chi connectivity index (χ0v) is 11.4. The fourth-order valence-electron chi connectivity index (χ4n) is 1.56. The zero-order chi connectivity index (χ0) is 13.8. The van der Waals surface area contributed by atoms with Gasteiger partial charge in [-0.25, -0.2) is 4.98 Å². The fourth-order valence-corrected chi connectivity index (χ4v) is 2.27. The average Bonchev–Trinajstić information content (AvgIpc) is 2.85. The number of ether oxygens (including phenoxy) is 2. The van der Waals surface area contributed by atoms with Crippen LogP contribution >= 0.6 is 11.3 Å². The zero-order valence-electron chi connectivity index (χ0n) is 10.6. The quantitative estimate of drug-likeness (QED) is 0.656. The van der Waals surface area contributed by atoms with Crippen LogP contribution < -0.4 is 20.9 Å². The Labute approximate surface area is 114 Å². The molecule has 0 aliphatic heterocycles. The van der Waals surface area contributed by atoms with E-state index in [1.807, 2.05) is 23.6 Å². The number of thiazole rings is 1. The summed E-state index contributed by atoms with van der Waals surface area (Å²) in [6.07, 6.45) is 0. The third kappa shape index (κ3) is 2.94. The molecule has 0 radical (unpaired) electrons. The molecule has 100 valence electrons. The lowest BCUT2D eigenvalue weighted by atomic mass is 10.1. The number of benzene rings is 1. The normalized spacial score (nSPS) is 10.0. The lowest BCUT2D eigenvalue weighted by Crippen LogP contribution is -2.21. The molecule has 0 aliphatic rings. The smallest absolute Gasteiger partial charge is 0.212 e. The summed E-state index contributed by atoms with van der Waals surface area (Å²) in [5.41, 5.74) is 12.2. The molecule has 2 rings (SSSR count).